The second-order valence-corrected chi connectivity index (χ2v) is 6.12. The Hall–Kier alpha value is -2.87. The summed E-state index contributed by atoms with van der Waals surface area (Å²) in [5.74, 6) is -0.115. The van der Waals surface area contributed by atoms with E-state index in [4.69, 9.17) is 14.6 Å². The molecule has 7 nitrogen and oxygen atoms in total. The normalized spacial score (nSPS) is 10.7. The molecule has 0 saturated carbocycles. The summed E-state index contributed by atoms with van der Waals surface area (Å²) in [5.41, 5.74) is 1.38. The molecule has 1 heterocycles. The molecule has 0 saturated heterocycles. The summed E-state index contributed by atoms with van der Waals surface area (Å²) in [6.45, 7) is 1.71. The van der Waals surface area contributed by atoms with E-state index in [-0.39, 0.29) is 12.3 Å². The van der Waals surface area contributed by atoms with Gasteiger partial charge in [-0.2, -0.15) is 0 Å². The second-order valence-electron chi connectivity index (χ2n) is 5.04. The van der Waals surface area contributed by atoms with Crippen LogP contribution in [0, 0.1) is 6.92 Å². The van der Waals surface area contributed by atoms with Crippen LogP contribution in [0.3, 0.4) is 0 Å². The van der Waals surface area contributed by atoms with Gasteiger partial charge < -0.3 is 14.6 Å². The first-order valence-corrected chi connectivity index (χ1v) is 8.13. The standard InChI is InChI=1S/C17H18N2O5S/c1-10-14(9-16(21)22)25-17(18-10)19-15(20)7-5-11-4-6-12(23-2)13(8-11)24-3/h4-8H,9H2,1-3H3,(H,21,22)(H,18,19,20)/b7-5+. The monoisotopic (exact) mass is 362 g/mol. The highest BCUT2D eigenvalue weighted by Crippen LogP contribution is 2.28. The number of carboxylic acids is 1. The zero-order valence-electron chi connectivity index (χ0n) is 14.0. The highest BCUT2D eigenvalue weighted by molar-refractivity contribution is 7.16. The first-order chi connectivity index (χ1) is 11.9. The Bertz CT molecular complexity index is 813. The van der Waals surface area contributed by atoms with Gasteiger partial charge >= 0.3 is 5.97 Å². The summed E-state index contributed by atoms with van der Waals surface area (Å²) in [6, 6.07) is 5.30. The molecule has 2 N–H and O–H groups in total. The molecule has 0 aliphatic heterocycles. The van der Waals surface area contributed by atoms with Crippen LogP contribution in [0.2, 0.25) is 0 Å². The van der Waals surface area contributed by atoms with Crippen LogP contribution < -0.4 is 14.8 Å². The van der Waals surface area contributed by atoms with E-state index in [0.717, 1.165) is 16.9 Å². The maximum absolute atomic E-state index is 12.0. The Morgan fingerprint density at radius 1 is 1.28 bits per heavy atom. The van der Waals surface area contributed by atoms with Gasteiger partial charge in [0.1, 0.15) is 0 Å². The van der Waals surface area contributed by atoms with Gasteiger partial charge in [-0.05, 0) is 30.7 Å². The first kappa shape index (κ1) is 18.5. The van der Waals surface area contributed by atoms with Crippen LogP contribution in [0.1, 0.15) is 16.1 Å². The van der Waals surface area contributed by atoms with Crippen LogP contribution in [0.25, 0.3) is 6.08 Å². The van der Waals surface area contributed by atoms with E-state index < -0.39 is 5.97 Å². The predicted molar refractivity (Wildman–Crippen MR) is 95.4 cm³/mol. The molecule has 0 aliphatic carbocycles. The lowest BCUT2D eigenvalue weighted by Gasteiger charge is -2.07. The number of amides is 1. The van der Waals surface area contributed by atoms with Crippen molar-refractivity contribution in [1.29, 1.82) is 0 Å². The minimum Gasteiger partial charge on any atom is -0.493 e. The number of hydrogen-bond donors (Lipinski definition) is 2. The van der Waals surface area contributed by atoms with Gasteiger partial charge in [-0.1, -0.05) is 6.07 Å². The van der Waals surface area contributed by atoms with Gasteiger partial charge in [0.2, 0.25) is 5.91 Å². The largest absolute Gasteiger partial charge is 0.493 e. The van der Waals surface area contributed by atoms with E-state index in [1.54, 1.807) is 38.3 Å². The molecule has 2 aromatic rings. The summed E-state index contributed by atoms with van der Waals surface area (Å²) >= 11 is 1.15. The molecule has 1 amide bonds. The van der Waals surface area contributed by atoms with Gasteiger partial charge in [0.25, 0.3) is 0 Å². The van der Waals surface area contributed by atoms with E-state index in [1.807, 2.05) is 0 Å². The SMILES string of the molecule is COc1ccc(/C=C/C(=O)Nc2nc(C)c(CC(=O)O)s2)cc1OC. The van der Waals surface area contributed by atoms with Gasteiger partial charge in [0.05, 0.1) is 26.3 Å². The summed E-state index contributed by atoms with van der Waals surface area (Å²) in [6.07, 6.45) is 2.89. The Labute approximate surface area is 148 Å². The average molecular weight is 362 g/mol. The molecule has 2 rings (SSSR count). The molecular formula is C17H18N2O5S. The lowest BCUT2D eigenvalue weighted by molar-refractivity contribution is -0.136. The number of aliphatic carboxylic acids is 1. The van der Waals surface area contributed by atoms with Crippen molar-refractivity contribution in [2.45, 2.75) is 13.3 Å². The fraction of sp³-hybridized carbons (Fsp3) is 0.235. The van der Waals surface area contributed by atoms with E-state index in [0.29, 0.717) is 27.2 Å². The number of aryl methyl sites for hydroxylation is 1. The molecule has 0 atom stereocenters. The van der Waals surface area contributed by atoms with E-state index in [1.165, 1.54) is 13.2 Å². The van der Waals surface area contributed by atoms with E-state index in [9.17, 15) is 9.59 Å². The van der Waals surface area contributed by atoms with Gasteiger partial charge in [0.15, 0.2) is 16.6 Å². The molecular weight excluding hydrogens is 344 g/mol. The molecule has 0 fully saturated rings. The third-order valence-electron chi connectivity index (χ3n) is 3.27. The zero-order valence-corrected chi connectivity index (χ0v) is 14.8. The van der Waals surface area contributed by atoms with Crippen molar-refractivity contribution in [2.24, 2.45) is 0 Å². The molecule has 0 spiro atoms. The second kappa shape index (κ2) is 8.29. The topological polar surface area (TPSA) is 97.8 Å². The summed E-state index contributed by atoms with van der Waals surface area (Å²) < 4.78 is 10.4. The lowest BCUT2D eigenvalue weighted by Crippen LogP contribution is -2.07. The third kappa shape index (κ3) is 5.05. The molecule has 132 valence electrons. The average Bonchev–Trinajstić information content (AvgIpc) is 2.91. The van der Waals surface area contributed by atoms with Crippen molar-refractivity contribution in [1.82, 2.24) is 4.98 Å². The lowest BCUT2D eigenvalue weighted by atomic mass is 10.2. The minimum absolute atomic E-state index is 0.110. The number of hydrogen-bond acceptors (Lipinski definition) is 6. The maximum atomic E-state index is 12.0. The number of ether oxygens (including phenoxy) is 2. The van der Waals surface area contributed by atoms with Crippen LogP contribution in [-0.4, -0.2) is 36.2 Å². The van der Waals surface area contributed by atoms with Gasteiger partial charge in [-0.3, -0.25) is 14.9 Å². The highest BCUT2D eigenvalue weighted by atomic mass is 32.1. The maximum Gasteiger partial charge on any atom is 0.308 e. The summed E-state index contributed by atoms with van der Waals surface area (Å²) in [5, 5.41) is 11.8. The fourth-order valence-electron chi connectivity index (χ4n) is 2.06. The van der Waals surface area contributed by atoms with Crippen LogP contribution >= 0.6 is 11.3 Å². The van der Waals surface area contributed by atoms with E-state index in [2.05, 4.69) is 10.3 Å². The van der Waals surface area contributed by atoms with Crippen molar-refractivity contribution in [3.63, 3.8) is 0 Å². The number of benzene rings is 1. The van der Waals surface area contributed by atoms with Crippen molar-refractivity contribution >= 4 is 34.4 Å². The number of thiazole rings is 1. The highest BCUT2D eigenvalue weighted by Gasteiger charge is 2.12. The third-order valence-corrected chi connectivity index (χ3v) is 4.34. The van der Waals surface area contributed by atoms with Gasteiger partial charge in [-0.15, -0.1) is 11.3 Å². The zero-order chi connectivity index (χ0) is 18.4. The molecule has 0 unspecified atom stereocenters. The Morgan fingerprint density at radius 3 is 2.64 bits per heavy atom. The van der Waals surface area contributed by atoms with Crippen LogP contribution in [-0.2, 0) is 16.0 Å². The van der Waals surface area contributed by atoms with Crippen LogP contribution in [0.5, 0.6) is 11.5 Å². The number of carbonyl (C=O) groups excluding carboxylic acids is 1. The summed E-state index contributed by atoms with van der Waals surface area (Å²) in [4.78, 5) is 27.6. The van der Waals surface area contributed by atoms with Gasteiger partial charge in [0, 0.05) is 11.0 Å². The summed E-state index contributed by atoms with van der Waals surface area (Å²) in [7, 11) is 3.09. The number of nitrogens with zero attached hydrogens (tertiary/aromatic N) is 1. The molecule has 1 aromatic carbocycles. The van der Waals surface area contributed by atoms with Crippen LogP contribution in [0.15, 0.2) is 24.3 Å². The van der Waals surface area contributed by atoms with Gasteiger partial charge in [-0.25, -0.2) is 4.98 Å². The Balaban J connectivity index is 2.05. The number of aromatic nitrogens is 1. The molecule has 25 heavy (non-hydrogen) atoms. The van der Waals surface area contributed by atoms with Crippen LogP contribution in [0.4, 0.5) is 5.13 Å². The molecule has 1 aromatic heterocycles. The number of nitrogens with one attached hydrogen (secondary N) is 1. The minimum atomic E-state index is -0.932. The molecule has 8 heteroatoms. The van der Waals surface area contributed by atoms with Crippen molar-refractivity contribution < 1.29 is 24.2 Å². The van der Waals surface area contributed by atoms with Crippen molar-refractivity contribution in [2.75, 3.05) is 19.5 Å². The first-order valence-electron chi connectivity index (χ1n) is 7.32. The van der Waals surface area contributed by atoms with Crippen molar-refractivity contribution in [3.8, 4) is 11.5 Å². The predicted octanol–water partition coefficient (Wildman–Crippen LogP) is 2.75. The number of methoxy groups -OCH3 is 2. The molecule has 0 aliphatic rings. The smallest absolute Gasteiger partial charge is 0.308 e. The molecule has 0 bridgehead atoms. The molecule has 0 radical (unpaired) electrons. The Kier molecular flexibility index (Phi) is 6.13. The number of rotatable bonds is 7. The number of carbonyl (C=O) groups is 2. The number of carboxylic acid groups (broad SMARTS) is 1. The number of anilines is 1. The van der Waals surface area contributed by atoms with E-state index >= 15 is 0 Å². The quantitative estimate of drug-likeness (QED) is 0.735. The van der Waals surface area contributed by atoms with Crippen molar-refractivity contribution in [3.05, 3.63) is 40.4 Å². The Morgan fingerprint density at radius 2 is 2.00 bits per heavy atom. The fourth-order valence-corrected chi connectivity index (χ4v) is 3.01.